The number of aromatic nitrogens is 2. The van der Waals surface area contributed by atoms with Crippen LogP contribution >= 0.6 is 0 Å². The van der Waals surface area contributed by atoms with Gasteiger partial charge in [0.15, 0.2) is 0 Å². The number of alkyl halides is 3. The first kappa shape index (κ1) is 23.1. The lowest BCUT2D eigenvalue weighted by molar-refractivity contribution is -0.0887. The maximum Gasteiger partial charge on any atom is 0.416 e. The van der Waals surface area contributed by atoms with Crippen molar-refractivity contribution in [2.45, 2.75) is 50.9 Å². The zero-order valence-electron chi connectivity index (χ0n) is 19.1. The molecule has 0 saturated carbocycles. The smallest absolute Gasteiger partial charge is 0.344 e. The highest BCUT2D eigenvalue weighted by Crippen LogP contribution is 2.35. The van der Waals surface area contributed by atoms with Gasteiger partial charge in [0, 0.05) is 22.7 Å². The molecule has 5 rings (SSSR count). The molecule has 2 aliphatic carbocycles. The molecular weight excluding hydrogens is 455 g/mol. The normalized spacial score (nSPS) is 18.3. The first-order valence-electron chi connectivity index (χ1n) is 11.6. The summed E-state index contributed by atoms with van der Waals surface area (Å²) in [5, 5.41) is 3.76. The Morgan fingerprint density at radius 1 is 1.17 bits per heavy atom. The van der Waals surface area contributed by atoms with Crippen molar-refractivity contribution in [2.24, 2.45) is 0 Å². The molecule has 5 nitrogen and oxygen atoms in total. The van der Waals surface area contributed by atoms with Gasteiger partial charge in [-0.2, -0.15) is 13.2 Å². The highest BCUT2D eigenvalue weighted by atomic mass is 19.4. The Kier molecular flexibility index (Phi) is 5.83. The zero-order chi connectivity index (χ0) is 24.7. The number of nitrogens with zero attached hydrogens (tertiary/aromatic N) is 2. The third-order valence-electron chi connectivity index (χ3n) is 6.75. The maximum absolute atomic E-state index is 13.4. The summed E-state index contributed by atoms with van der Waals surface area (Å²) in [7, 11) is 0. The second-order valence-corrected chi connectivity index (χ2v) is 8.99. The third-order valence-corrected chi connectivity index (χ3v) is 6.75. The second kappa shape index (κ2) is 8.83. The number of allylic oxidation sites excluding steroid dienone is 4. The van der Waals surface area contributed by atoms with E-state index in [0.717, 1.165) is 41.6 Å². The van der Waals surface area contributed by atoms with Crippen LogP contribution in [0, 0.1) is 0 Å². The standard InChI is InChI=1S/C27H24F3N3O2/c1-16(23-7-2-3-14-31-23)32-25(34)17-8-13-24-22(15-17)20-5-4-6-21(20)26(35)33(24)19-11-9-18(10-12-19)27(28,29)30/h2-3,7-11,13-16,19H,4-6,12H2,1H3,(H,32,34)/t16-,19?/m0/s1. The first-order chi connectivity index (χ1) is 16.7. The van der Waals surface area contributed by atoms with Gasteiger partial charge in [0.25, 0.3) is 11.5 Å². The van der Waals surface area contributed by atoms with Crippen molar-refractivity contribution in [1.29, 1.82) is 0 Å². The molecule has 8 heteroatoms. The number of carbonyl (C=O) groups excluding carboxylic acids is 1. The third kappa shape index (κ3) is 4.29. The van der Waals surface area contributed by atoms with Gasteiger partial charge in [0.05, 0.1) is 28.9 Å². The van der Waals surface area contributed by atoms with E-state index in [-0.39, 0.29) is 23.9 Å². The van der Waals surface area contributed by atoms with Gasteiger partial charge < -0.3 is 9.88 Å². The Bertz CT molecular complexity index is 1420. The summed E-state index contributed by atoms with van der Waals surface area (Å²) in [6.07, 6.45) is 3.13. The summed E-state index contributed by atoms with van der Waals surface area (Å²) in [5.74, 6) is -0.259. The SMILES string of the molecule is C[C@H](NC(=O)c1ccc2c(c1)c1c(c(=O)n2C2C=CC(C(F)(F)F)=CC2)CCC1)c1ccccn1. The largest absolute Gasteiger partial charge is 0.416 e. The number of hydrogen-bond donors (Lipinski definition) is 1. The minimum absolute atomic E-state index is 0.0724. The average Bonchev–Trinajstić information content (AvgIpc) is 3.35. The highest BCUT2D eigenvalue weighted by Gasteiger charge is 2.34. The molecule has 0 saturated heterocycles. The molecule has 3 aromatic rings. The molecule has 35 heavy (non-hydrogen) atoms. The van der Waals surface area contributed by atoms with Gasteiger partial charge in [-0.3, -0.25) is 14.6 Å². The lowest BCUT2D eigenvalue weighted by Crippen LogP contribution is -2.29. The van der Waals surface area contributed by atoms with Crippen LogP contribution in [0.1, 0.15) is 59.0 Å². The number of aryl methyl sites for hydroxylation is 1. The van der Waals surface area contributed by atoms with Crippen molar-refractivity contribution in [3.05, 3.63) is 99.1 Å². The fourth-order valence-corrected chi connectivity index (χ4v) is 4.99. The van der Waals surface area contributed by atoms with Gasteiger partial charge in [0.1, 0.15) is 0 Å². The molecule has 1 N–H and O–H groups in total. The van der Waals surface area contributed by atoms with E-state index in [1.165, 1.54) is 6.08 Å². The topological polar surface area (TPSA) is 64.0 Å². The Balaban J connectivity index is 1.53. The van der Waals surface area contributed by atoms with Gasteiger partial charge in [-0.25, -0.2) is 0 Å². The van der Waals surface area contributed by atoms with Crippen LogP contribution in [0.5, 0.6) is 0 Å². The molecular formula is C27H24F3N3O2. The molecule has 1 unspecified atom stereocenters. The van der Waals surface area contributed by atoms with E-state index in [0.29, 0.717) is 23.1 Å². The van der Waals surface area contributed by atoms with E-state index in [2.05, 4.69) is 10.3 Å². The molecule has 2 aromatic heterocycles. The molecule has 2 aliphatic rings. The minimum atomic E-state index is -4.42. The van der Waals surface area contributed by atoms with Gasteiger partial charge in [-0.15, -0.1) is 0 Å². The van der Waals surface area contributed by atoms with Gasteiger partial charge in [0.2, 0.25) is 0 Å². The van der Waals surface area contributed by atoms with Crippen molar-refractivity contribution in [1.82, 2.24) is 14.9 Å². The van der Waals surface area contributed by atoms with E-state index in [1.54, 1.807) is 29.0 Å². The van der Waals surface area contributed by atoms with Gasteiger partial charge in [-0.1, -0.05) is 24.3 Å². The highest BCUT2D eigenvalue weighted by molar-refractivity contribution is 5.99. The van der Waals surface area contributed by atoms with Crippen LogP contribution in [0.2, 0.25) is 0 Å². The molecule has 1 aromatic carbocycles. The Hall–Kier alpha value is -3.68. The van der Waals surface area contributed by atoms with Gasteiger partial charge >= 0.3 is 6.18 Å². The summed E-state index contributed by atoms with van der Waals surface area (Å²) >= 11 is 0. The van der Waals surface area contributed by atoms with E-state index >= 15 is 0 Å². The number of nitrogens with one attached hydrogen (secondary N) is 1. The average molecular weight is 480 g/mol. The summed E-state index contributed by atoms with van der Waals surface area (Å²) in [4.78, 5) is 30.7. The predicted molar refractivity (Wildman–Crippen MR) is 127 cm³/mol. The minimum Gasteiger partial charge on any atom is -0.344 e. The number of halogens is 3. The molecule has 0 fully saturated rings. The number of hydrogen-bond acceptors (Lipinski definition) is 3. The monoisotopic (exact) mass is 479 g/mol. The zero-order valence-corrected chi connectivity index (χ0v) is 19.1. The lowest BCUT2D eigenvalue weighted by Gasteiger charge is -2.23. The van der Waals surface area contributed by atoms with Crippen LogP contribution in [-0.2, 0) is 12.8 Å². The Labute approximate surface area is 200 Å². The number of amides is 1. The van der Waals surface area contributed by atoms with Crippen molar-refractivity contribution in [2.75, 3.05) is 0 Å². The molecule has 0 radical (unpaired) electrons. The second-order valence-electron chi connectivity index (χ2n) is 8.99. The summed E-state index contributed by atoms with van der Waals surface area (Å²) in [5.41, 5.74) is 2.59. The number of pyridine rings is 2. The molecule has 0 aliphatic heterocycles. The van der Waals surface area contributed by atoms with E-state index < -0.39 is 17.8 Å². The quantitative estimate of drug-likeness (QED) is 0.548. The molecule has 180 valence electrons. The lowest BCUT2D eigenvalue weighted by atomic mass is 9.98. The molecule has 1 amide bonds. The molecule has 0 spiro atoms. The van der Waals surface area contributed by atoms with Crippen LogP contribution in [0.15, 0.2) is 71.2 Å². The van der Waals surface area contributed by atoms with Crippen molar-refractivity contribution < 1.29 is 18.0 Å². The molecule has 2 heterocycles. The predicted octanol–water partition coefficient (Wildman–Crippen LogP) is 5.37. The number of benzene rings is 1. The number of fused-ring (bicyclic) bond motifs is 3. The number of carbonyl (C=O) groups is 1. The Morgan fingerprint density at radius 3 is 2.66 bits per heavy atom. The maximum atomic E-state index is 13.4. The fraction of sp³-hybridized carbons (Fsp3) is 0.296. The van der Waals surface area contributed by atoms with E-state index in [4.69, 9.17) is 0 Å². The van der Waals surface area contributed by atoms with Crippen LogP contribution in [-0.4, -0.2) is 21.6 Å². The van der Waals surface area contributed by atoms with Gasteiger partial charge in [-0.05, 0) is 68.5 Å². The van der Waals surface area contributed by atoms with Crippen molar-refractivity contribution in [3.8, 4) is 0 Å². The van der Waals surface area contributed by atoms with E-state index in [9.17, 15) is 22.8 Å². The van der Waals surface area contributed by atoms with Crippen LogP contribution in [0.3, 0.4) is 0 Å². The number of rotatable bonds is 4. The van der Waals surface area contributed by atoms with E-state index in [1.807, 2.05) is 25.1 Å². The summed E-state index contributed by atoms with van der Waals surface area (Å²) in [6.45, 7) is 1.86. The van der Waals surface area contributed by atoms with Crippen LogP contribution in [0.25, 0.3) is 10.9 Å². The fourth-order valence-electron chi connectivity index (χ4n) is 4.99. The van der Waals surface area contributed by atoms with Crippen LogP contribution in [0.4, 0.5) is 13.2 Å². The molecule has 0 bridgehead atoms. The van der Waals surface area contributed by atoms with Crippen molar-refractivity contribution in [3.63, 3.8) is 0 Å². The summed E-state index contributed by atoms with van der Waals surface area (Å²) < 4.78 is 40.8. The summed E-state index contributed by atoms with van der Waals surface area (Å²) in [6, 6.07) is 9.87. The Morgan fingerprint density at radius 2 is 1.97 bits per heavy atom. The van der Waals surface area contributed by atoms with Crippen LogP contribution < -0.4 is 10.9 Å². The first-order valence-corrected chi connectivity index (χ1v) is 11.6. The molecule has 2 atom stereocenters. The van der Waals surface area contributed by atoms with Crippen molar-refractivity contribution >= 4 is 16.8 Å².